The maximum atomic E-state index is 12.7. The smallest absolute Gasteiger partial charge is 0.382 e. The summed E-state index contributed by atoms with van der Waals surface area (Å²) in [5, 5.41) is 0.896. The molecule has 25 heavy (non-hydrogen) atoms. The van der Waals surface area contributed by atoms with Crippen LogP contribution in [-0.2, 0) is 6.54 Å². The van der Waals surface area contributed by atoms with Crippen molar-refractivity contribution < 1.29 is 13.2 Å². The average Bonchev–Trinajstić information content (AvgIpc) is 2.82. The van der Waals surface area contributed by atoms with Gasteiger partial charge < -0.3 is 10.3 Å². The molecule has 132 valence electrons. The van der Waals surface area contributed by atoms with Crippen molar-refractivity contribution in [3.63, 3.8) is 0 Å². The van der Waals surface area contributed by atoms with Crippen molar-refractivity contribution in [1.82, 2.24) is 19.5 Å². The Morgan fingerprint density at radius 2 is 2.00 bits per heavy atom. The first-order valence-electron chi connectivity index (χ1n) is 7.21. The number of alkyl halides is 3. The summed E-state index contributed by atoms with van der Waals surface area (Å²) in [5.74, 6) is 0.125. The minimum Gasteiger partial charge on any atom is -0.382 e. The number of hydrogen-bond acceptors (Lipinski definition) is 5. The number of rotatable bonds is 4. The molecule has 3 rings (SSSR count). The van der Waals surface area contributed by atoms with Gasteiger partial charge in [0, 0.05) is 16.5 Å². The number of aryl methyl sites for hydroxylation is 2. The lowest BCUT2D eigenvalue weighted by atomic mass is 10.2. The van der Waals surface area contributed by atoms with Gasteiger partial charge >= 0.3 is 6.18 Å². The van der Waals surface area contributed by atoms with Crippen molar-refractivity contribution in [3.05, 3.63) is 35.1 Å². The summed E-state index contributed by atoms with van der Waals surface area (Å²) in [6, 6.07) is 5.39. The summed E-state index contributed by atoms with van der Waals surface area (Å²) in [5.41, 5.74) is 7.28. The summed E-state index contributed by atoms with van der Waals surface area (Å²) in [7, 11) is 0. The van der Waals surface area contributed by atoms with Crippen LogP contribution in [0.15, 0.2) is 34.6 Å². The third kappa shape index (κ3) is 4.16. The zero-order valence-electron chi connectivity index (χ0n) is 13.0. The van der Waals surface area contributed by atoms with E-state index >= 15 is 0 Å². The Labute approximate surface area is 150 Å². The topological polar surface area (TPSA) is 69.6 Å². The van der Waals surface area contributed by atoms with E-state index in [9.17, 15) is 13.2 Å². The van der Waals surface area contributed by atoms with Crippen LogP contribution in [-0.4, -0.2) is 25.7 Å². The van der Waals surface area contributed by atoms with Crippen LogP contribution in [0.5, 0.6) is 0 Å². The number of nitrogens with two attached hydrogens (primary N) is 1. The maximum Gasteiger partial charge on any atom is 0.390 e. The second kappa shape index (κ2) is 6.72. The molecule has 0 saturated heterocycles. The SMILES string of the molecule is Cc1cc(Cl)cc(Sc2nc3c(N)ncnc3n2CCC(F)(F)F)c1. The second-order valence-electron chi connectivity index (χ2n) is 5.41. The highest BCUT2D eigenvalue weighted by Gasteiger charge is 2.28. The number of nitrogens with zero attached hydrogens (tertiary/aromatic N) is 4. The van der Waals surface area contributed by atoms with Crippen molar-refractivity contribution in [2.75, 3.05) is 5.73 Å². The van der Waals surface area contributed by atoms with Gasteiger partial charge in [-0.25, -0.2) is 15.0 Å². The lowest BCUT2D eigenvalue weighted by molar-refractivity contribution is -0.136. The zero-order valence-corrected chi connectivity index (χ0v) is 14.6. The summed E-state index contributed by atoms with van der Waals surface area (Å²) < 4.78 is 39.4. The molecule has 0 radical (unpaired) electrons. The van der Waals surface area contributed by atoms with E-state index in [-0.39, 0.29) is 23.5 Å². The Bertz CT molecular complexity index is 905. The van der Waals surface area contributed by atoms with Crippen molar-refractivity contribution in [2.24, 2.45) is 0 Å². The van der Waals surface area contributed by atoms with Crippen LogP contribution in [0.2, 0.25) is 5.02 Å². The number of halogens is 4. The fraction of sp³-hybridized carbons (Fsp3) is 0.267. The highest BCUT2D eigenvalue weighted by atomic mass is 35.5. The van der Waals surface area contributed by atoms with E-state index in [1.807, 2.05) is 13.0 Å². The fourth-order valence-corrected chi connectivity index (χ4v) is 3.74. The summed E-state index contributed by atoms with van der Waals surface area (Å²) in [4.78, 5) is 13.0. The second-order valence-corrected chi connectivity index (χ2v) is 6.89. The van der Waals surface area contributed by atoms with Gasteiger partial charge in [0.15, 0.2) is 22.1 Å². The first-order chi connectivity index (χ1) is 11.7. The molecule has 0 spiro atoms. The highest BCUT2D eigenvalue weighted by Crippen LogP contribution is 2.33. The predicted molar refractivity (Wildman–Crippen MR) is 90.7 cm³/mol. The van der Waals surface area contributed by atoms with Crippen LogP contribution in [0.1, 0.15) is 12.0 Å². The molecule has 0 saturated carbocycles. The van der Waals surface area contributed by atoms with Crippen molar-refractivity contribution in [1.29, 1.82) is 0 Å². The lowest BCUT2D eigenvalue weighted by Crippen LogP contribution is -2.13. The Kier molecular flexibility index (Phi) is 4.79. The van der Waals surface area contributed by atoms with E-state index in [1.54, 1.807) is 12.1 Å². The van der Waals surface area contributed by atoms with E-state index < -0.39 is 12.6 Å². The minimum atomic E-state index is -4.29. The van der Waals surface area contributed by atoms with Crippen molar-refractivity contribution in [3.8, 4) is 0 Å². The quantitative estimate of drug-likeness (QED) is 0.715. The summed E-state index contributed by atoms with van der Waals surface area (Å²) in [6.45, 7) is 1.57. The maximum absolute atomic E-state index is 12.7. The van der Waals surface area contributed by atoms with Crippen LogP contribution < -0.4 is 5.73 Å². The molecule has 3 aromatic rings. The third-order valence-corrected chi connectivity index (χ3v) is 4.55. The van der Waals surface area contributed by atoms with E-state index in [1.165, 1.54) is 22.7 Å². The van der Waals surface area contributed by atoms with Gasteiger partial charge in [0.2, 0.25) is 0 Å². The minimum absolute atomic E-state index is 0.125. The molecule has 1 aromatic carbocycles. The Hall–Kier alpha value is -2.00. The molecule has 0 aliphatic rings. The van der Waals surface area contributed by atoms with Crippen molar-refractivity contribution >= 4 is 40.3 Å². The molecular formula is C15H13ClF3N5S. The molecule has 0 aliphatic carbocycles. The Morgan fingerprint density at radius 1 is 1.24 bits per heavy atom. The highest BCUT2D eigenvalue weighted by molar-refractivity contribution is 7.99. The van der Waals surface area contributed by atoms with Gasteiger partial charge in [-0.05, 0) is 30.7 Å². The first-order valence-corrected chi connectivity index (χ1v) is 8.41. The van der Waals surface area contributed by atoms with E-state index in [0.717, 1.165) is 10.5 Å². The van der Waals surface area contributed by atoms with Crippen molar-refractivity contribution in [2.45, 2.75) is 36.1 Å². The summed E-state index contributed by atoms with van der Waals surface area (Å²) in [6.07, 6.45) is -4.07. The predicted octanol–water partition coefficient (Wildman–Crippen LogP) is 4.47. The Morgan fingerprint density at radius 3 is 2.68 bits per heavy atom. The molecule has 10 heteroatoms. The largest absolute Gasteiger partial charge is 0.390 e. The third-order valence-electron chi connectivity index (χ3n) is 3.37. The molecule has 0 amide bonds. The number of benzene rings is 1. The van der Waals surface area contributed by atoms with Crippen LogP contribution >= 0.6 is 23.4 Å². The van der Waals surface area contributed by atoms with Gasteiger partial charge in [0.25, 0.3) is 0 Å². The zero-order chi connectivity index (χ0) is 18.2. The molecule has 2 heterocycles. The van der Waals surface area contributed by atoms with Crippen LogP contribution in [0.3, 0.4) is 0 Å². The average molecular weight is 388 g/mol. The molecule has 0 aliphatic heterocycles. The molecule has 0 atom stereocenters. The van der Waals surface area contributed by atoms with Gasteiger partial charge in [0.05, 0.1) is 6.42 Å². The molecule has 5 nitrogen and oxygen atoms in total. The van der Waals surface area contributed by atoms with Gasteiger partial charge in [0.1, 0.15) is 6.33 Å². The van der Waals surface area contributed by atoms with Gasteiger partial charge in [-0.15, -0.1) is 0 Å². The molecular weight excluding hydrogens is 375 g/mol. The standard InChI is InChI=1S/C15H13ClF3N5S/c1-8-4-9(16)6-10(5-8)25-14-23-11-12(20)21-7-22-13(11)24(14)3-2-15(17,18)19/h4-7H,2-3H2,1H3,(H2,20,21,22). The lowest BCUT2D eigenvalue weighted by Gasteiger charge is -2.10. The normalized spacial score (nSPS) is 12.0. The van der Waals surface area contributed by atoms with Crippen LogP contribution in [0, 0.1) is 6.92 Å². The molecule has 2 aromatic heterocycles. The molecule has 0 fully saturated rings. The van der Waals surface area contributed by atoms with Crippen LogP contribution in [0.25, 0.3) is 11.2 Å². The van der Waals surface area contributed by atoms with Crippen LogP contribution in [0.4, 0.5) is 19.0 Å². The van der Waals surface area contributed by atoms with E-state index in [0.29, 0.717) is 10.2 Å². The molecule has 0 unspecified atom stereocenters. The monoisotopic (exact) mass is 387 g/mol. The number of nitrogen functional groups attached to an aromatic ring is 1. The molecule has 0 bridgehead atoms. The van der Waals surface area contributed by atoms with Gasteiger partial charge in [-0.2, -0.15) is 13.2 Å². The first kappa shape index (κ1) is 17.8. The Balaban J connectivity index is 2.04. The number of hydrogen-bond donors (Lipinski definition) is 1. The number of aromatic nitrogens is 4. The fourth-order valence-electron chi connectivity index (χ4n) is 2.32. The van der Waals surface area contributed by atoms with Gasteiger partial charge in [-0.1, -0.05) is 23.4 Å². The number of imidazole rings is 1. The number of fused-ring (bicyclic) bond motifs is 1. The summed E-state index contributed by atoms with van der Waals surface area (Å²) >= 11 is 7.25. The number of anilines is 1. The van der Waals surface area contributed by atoms with Gasteiger partial charge in [-0.3, -0.25) is 0 Å². The molecule has 2 N–H and O–H groups in total. The van der Waals surface area contributed by atoms with E-state index in [2.05, 4.69) is 15.0 Å². The van der Waals surface area contributed by atoms with E-state index in [4.69, 9.17) is 17.3 Å².